The predicted molar refractivity (Wildman–Crippen MR) is 161 cm³/mol. The Morgan fingerprint density at radius 2 is 1.90 bits per heavy atom. The van der Waals surface area contributed by atoms with Crippen LogP contribution in [0.3, 0.4) is 0 Å². The Labute approximate surface area is 243 Å². The van der Waals surface area contributed by atoms with Gasteiger partial charge < -0.3 is 21.1 Å². The highest BCUT2D eigenvalue weighted by atomic mass is 32.2. The van der Waals surface area contributed by atoms with Gasteiger partial charge in [0.05, 0.1) is 23.9 Å². The third kappa shape index (κ3) is 8.22. The van der Waals surface area contributed by atoms with Gasteiger partial charge in [0, 0.05) is 31.6 Å². The zero-order valence-electron chi connectivity index (χ0n) is 23.8. The summed E-state index contributed by atoms with van der Waals surface area (Å²) in [6.07, 6.45) is 4.30. The van der Waals surface area contributed by atoms with Crippen molar-refractivity contribution in [2.75, 3.05) is 36.3 Å². The van der Waals surface area contributed by atoms with E-state index in [1.807, 2.05) is 30.3 Å². The molecule has 2 aromatic rings. The van der Waals surface area contributed by atoms with E-state index >= 15 is 0 Å². The fourth-order valence-electron chi connectivity index (χ4n) is 4.79. The van der Waals surface area contributed by atoms with Crippen LogP contribution in [0.2, 0.25) is 0 Å². The molecular weight excluding hydrogens is 538 g/mol. The van der Waals surface area contributed by atoms with Crippen molar-refractivity contribution in [3.63, 3.8) is 0 Å². The van der Waals surface area contributed by atoms with Gasteiger partial charge in [-0.3, -0.25) is 9.10 Å². The molecule has 0 unspecified atom stereocenters. The average molecular weight is 580 g/mol. The second kappa shape index (κ2) is 12.8. The fourth-order valence-corrected chi connectivity index (χ4v) is 6.32. The summed E-state index contributed by atoms with van der Waals surface area (Å²) in [6.45, 7) is 3.65. The lowest BCUT2D eigenvalue weighted by molar-refractivity contribution is 0.0832. The number of carbonyl (C=O) groups excluding carboxylic acids is 1. The van der Waals surface area contributed by atoms with Crippen molar-refractivity contribution in [2.45, 2.75) is 62.8 Å². The van der Waals surface area contributed by atoms with Crippen molar-refractivity contribution in [3.05, 3.63) is 53.6 Å². The molecule has 10 heteroatoms. The van der Waals surface area contributed by atoms with Crippen LogP contribution in [0.4, 0.5) is 11.6 Å². The van der Waals surface area contributed by atoms with Gasteiger partial charge in [-0.2, -0.15) is 0 Å². The fraction of sp³-hybridized carbons (Fsp3) is 0.548. The zero-order valence-corrected chi connectivity index (χ0v) is 24.7. The molecule has 4 atom stereocenters. The molecule has 1 amide bonds. The number of nitrogens with one attached hydrogen (secondary N) is 3. The number of sulfonamides is 1. The predicted octanol–water partition coefficient (Wildman–Crippen LogP) is 2.78. The number of amides is 1. The molecule has 220 valence electrons. The third-order valence-corrected chi connectivity index (χ3v) is 10.3. The molecule has 3 fully saturated rings. The van der Waals surface area contributed by atoms with Crippen LogP contribution in [0, 0.1) is 29.6 Å². The second-order valence-electron chi connectivity index (χ2n) is 11.7. The van der Waals surface area contributed by atoms with Crippen molar-refractivity contribution in [1.82, 2.24) is 15.6 Å². The highest BCUT2D eigenvalue weighted by Gasteiger charge is 2.39. The van der Waals surface area contributed by atoms with E-state index in [-0.39, 0.29) is 17.9 Å². The van der Waals surface area contributed by atoms with Gasteiger partial charge in [-0.1, -0.05) is 49.1 Å². The molecule has 3 aliphatic carbocycles. The molecule has 0 aliphatic heterocycles. The first-order valence-electron chi connectivity index (χ1n) is 14.7. The lowest BCUT2D eigenvalue weighted by atomic mass is 10.0. The van der Waals surface area contributed by atoms with Crippen LogP contribution < -0.4 is 20.3 Å². The highest BCUT2D eigenvalue weighted by Crippen LogP contribution is 2.38. The Bertz CT molecular complexity index is 1380. The van der Waals surface area contributed by atoms with Crippen LogP contribution in [0.5, 0.6) is 0 Å². The molecule has 0 saturated heterocycles. The number of aliphatic hydroxyl groups excluding tert-OH is 1. The van der Waals surface area contributed by atoms with Gasteiger partial charge in [0.2, 0.25) is 10.0 Å². The number of aromatic nitrogens is 1. The number of anilines is 2. The molecule has 0 spiro atoms. The molecule has 3 saturated carbocycles. The topological polar surface area (TPSA) is 124 Å². The normalized spacial score (nSPS) is 21.2. The Hall–Kier alpha value is -3.13. The van der Waals surface area contributed by atoms with E-state index in [0.29, 0.717) is 55.9 Å². The SMILES string of the molecule is C[C@H]1C[C@@H]1CNc1cc(C(=O)N[C@@H](Cc2ccccc2)[C@H](O)CNCC#CC2CC2)cc(N(C)S(=O)(=O)C2CC2)n1. The standard InChI is InChI=1S/C31H41N5O4S/c1-21-15-25(21)19-33-29-17-24(18-30(35-29)36(2)41(39,40)26-12-13-26)31(38)34-27(16-23-7-4-3-5-8-23)28(37)20-32-14-6-9-22-10-11-22/h3-5,7-8,17-18,21-22,25-28,32,37H,10-16,19-20H2,1-2H3,(H,33,35)(H,34,38)/t21-,25+,27-,28+/m0/s1. The average Bonchev–Trinajstić information content (AvgIpc) is 3.82. The van der Waals surface area contributed by atoms with Crippen molar-refractivity contribution >= 4 is 27.6 Å². The maximum atomic E-state index is 13.6. The van der Waals surface area contributed by atoms with Gasteiger partial charge >= 0.3 is 0 Å². The van der Waals surface area contributed by atoms with Crippen molar-refractivity contribution in [2.24, 2.45) is 17.8 Å². The van der Waals surface area contributed by atoms with Crippen LogP contribution in [0.25, 0.3) is 0 Å². The first-order valence-corrected chi connectivity index (χ1v) is 16.2. The molecule has 9 nitrogen and oxygen atoms in total. The summed E-state index contributed by atoms with van der Waals surface area (Å²) in [6, 6.07) is 12.3. The summed E-state index contributed by atoms with van der Waals surface area (Å²) < 4.78 is 27.1. The van der Waals surface area contributed by atoms with Crippen molar-refractivity contribution < 1.29 is 18.3 Å². The minimum absolute atomic E-state index is 0.201. The first-order chi connectivity index (χ1) is 19.7. The smallest absolute Gasteiger partial charge is 0.251 e. The minimum Gasteiger partial charge on any atom is -0.390 e. The van der Waals surface area contributed by atoms with Gasteiger partial charge in [0.1, 0.15) is 11.6 Å². The zero-order chi connectivity index (χ0) is 29.0. The number of carbonyl (C=O) groups is 1. The Morgan fingerprint density at radius 1 is 1.17 bits per heavy atom. The van der Waals surface area contributed by atoms with Crippen molar-refractivity contribution in [1.29, 1.82) is 0 Å². The number of pyridine rings is 1. The van der Waals surface area contributed by atoms with E-state index in [2.05, 4.69) is 39.7 Å². The summed E-state index contributed by atoms with van der Waals surface area (Å²) in [7, 11) is -2.06. The van der Waals surface area contributed by atoms with E-state index in [1.165, 1.54) is 17.4 Å². The van der Waals surface area contributed by atoms with Crippen LogP contribution in [-0.2, 0) is 16.4 Å². The molecule has 3 aliphatic rings. The maximum Gasteiger partial charge on any atom is 0.251 e. The third-order valence-electron chi connectivity index (χ3n) is 8.08. The molecule has 4 N–H and O–H groups in total. The molecule has 41 heavy (non-hydrogen) atoms. The second-order valence-corrected chi connectivity index (χ2v) is 14.0. The lowest BCUT2D eigenvalue weighted by Gasteiger charge is -2.25. The number of rotatable bonds is 14. The van der Waals surface area contributed by atoms with Crippen LogP contribution in [0.1, 0.15) is 54.9 Å². The van der Waals surface area contributed by atoms with Crippen molar-refractivity contribution in [3.8, 4) is 11.8 Å². The number of hydrogen-bond acceptors (Lipinski definition) is 7. The quantitative estimate of drug-likeness (QED) is 0.201. The van der Waals surface area contributed by atoms with E-state index in [0.717, 1.165) is 24.8 Å². The summed E-state index contributed by atoms with van der Waals surface area (Å²) in [5.41, 5.74) is 1.27. The van der Waals surface area contributed by atoms with Gasteiger partial charge in [0.25, 0.3) is 5.91 Å². The Kier molecular flexibility index (Phi) is 9.17. The summed E-state index contributed by atoms with van der Waals surface area (Å²) in [4.78, 5) is 18.2. The Morgan fingerprint density at radius 3 is 2.56 bits per heavy atom. The van der Waals surface area contributed by atoms with E-state index in [1.54, 1.807) is 6.07 Å². The minimum atomic E-state index is -3.55. The number of hydrogen-bond donors (Lipinski definition) is 4. The van der Waals surface area contributed by atoms with E-state index in [9.17, 15) is 18.3 Å². The number of nitrogens with zero attached hydrogens (tertiary/aromatic N) is 2. The van der Waals surface area contributed by atoms with Gasteiger partial charge in [0.15, 0.2) is 0 Å². The molecular formula is C31H41N5O4S. The first kappa shape index (κ1) is 29.4. The summed E-state index contributed by atoms with van der Waals surface area (Å²) >= 11 is 0. The Balaban J connectivity index is 1.33. The molecule has 1 aromatic heterocycles. The maximum absolute atomic E-state index is 13.6. The largest absolute Gasteiger partial charge is 0.390 e. The molecule has 1 aromatic carbocycles. The van der Waals surface area contributed by atoms with Crippen LogP contribution in [-0.4, -0.2) is 68.5 Å². The van der Waals surface area contributed by atoms with Crippen LogP contribution >= 0.6 is 0 Å². The molecule has 5 rings (SSSR count). The van der Waals surface area contributed by atoms with Crippen LogP contribution in [0.15, 0.2) is 42.5 Å². The van der Waals surface area contributed by atoms with Gasteiger partial charge in [-0.25, -0.2) is 13.4 Å². The highest BCUT2D eigenvalue weighted by molar-refractivity contribution is 7.93. The van der Waals surface area contributed by atoms with E-state index < -0.39 is 33.3 Å². The summed E-state index contributed by atoms with van der Waals surface area (Å²) in [5, 5.41) is 20.2. The number of benzene rings is 1. The number of aliphatic hydroxyl groups is 1. The van der Waals surface area contributed by atoms with Gasteiger partial charge in [-0.05, 0) is 68.1 Å². The molecule has 0 radical (unpaired) electrons. The van der Waals surface area contributed by atoms with E-state index in [4.69, 9.17) is 0 Å². The summed E-state index contributed by atoms with van der Waals surface area (Å²) in [5.74, 6) is 8.25. The lowest BCUT2D eigenvalue weighted by Crippen LogP contribution is -2.48. The molecule has 0 bridgehead atoms. The van der Waals surface area contributed by atoms with Gasteiger partial charge in [-0.15, -0.1) is 0 Å². The molecule has 1 heterocycles. The monoisotopic (exact) mass is 579 g/mol.